The summed E-state index contributed by atoms with van der Waals surface area (Å²) in [5, 5.41) is 12.3. The topological polar surface area (TPSA) is 40.5 Å². The minimum atomic E-state index is -0.612. The highest BCUT2D eigenvalue weighted by molar-refractivity contribution is 7.10. The van der Waals surface area contributed by atoms with E-state index in [0.717, 1.165) is 21.7 Å². The van der Waals surface area contributed by atoms with Crippen molar-refractivity contribution in [3.05, 3.63) is 51.7 Å². The molecule has 0 saturated heterocycles. The van der Waals surface area contributed by atoms with Crippen LogP contribution in [0.4, 0.5) is 5.69 Å². The van der Waals surface area contributed by atoms with E-state index in [2.05, 4.69) is 0 Å². The molecule has 3 rings (SSSR count). The number of hydrogen-bond donors (Lipinski definition) is 1. The Morgan fingerprint density at radius 3 is 2.84 bits per heavy atom. The van der Waals surface area contributed by atoms with Crippen LogP contribution in [0.5, 0.6) is 0 Å². The number of fused-ring (bicyclic) bond motifs is 1. The molecule has 0 saturated carbocycles. The average Bonchev–Trinajstić information content (AvgIpc) is 3.03. The van der Waals surface area contributed by atoms with E-state index >= 15 is 0 Å². The number of likely N-dealkylation sites (N-methyl/N-ethyl adjacent to an activating group) is 1. The summed E-state index contributed by atoms with van der Waals surface area (Å²) < 4.78 is 0. The quantitative estimate of drug-likeness (QED) is 0.914. The molecule has 1 aliphatic rings. The maximum Gasteiger partial charge on any atom is 0.234 e. The maximum atomic E-state index is 11.9. The predicted octanol–water partition coefficient (Wildman–Crippen LogP) is 2.91. The lowest BCUT2D eigenvalue weighted by molar-refractivity contribution is -0.118. The van der Waals surface area contributed by atoms with Gasteiger partial charge in [0, 0.05) is 17.6 Å². The SMILES string of the molecule is CC1C(=O)N(C)c2ccc(C(O)c3cccs3)cc21. The van der Waals surface area contributed by atoms with Crippen molar-refractivity contribution in [1.82, 2.24) is 0 Å². The van der Waals surface area contributed by atoms with E-state index in [9.17, 15) is 9.90 Å². The smallest absolute Gasteiger partial charge is 0.234 e. The standard InChI is InChI=1S/C15H15NO2S/c1-9-11-8-10(14(17)13-4-3-7-19-13)5-6-12(11)16(2)15(9)18/h3-9,14,17H,1-2H3. The highest BCUT2D eigenvalue weighted by Gasteiger charge is 2.32. The number of carbonyl (C=O) groups excluding carboxylic acids is 1. The molecule has 19 heavy (non-hydrogen) atoms. The van der Waals surface area contributed by atoms with Crippen molar-refractivity contribution in [2.45, 2.75) is 18.9 Å². The number of aliphatic hydroxyl groups is 1. The zero-order valence-corrected chi connectivity index (χ0v) is 11.6. The van der Waals surface area contributed by atoms with Crippen LogP contribution in [0.1, 0.15) is 34.9 Å². The van der Waals surface area contributed by atoms with Crippen LogP contribution in [0.2, 0.25) is 0 Å². The molecule has 0 spiro atoms. The first-order valence-electron chi connectivity index (χ1n) is 6.22. The molecule has 1 N–H and O–H groups in total. The van der Waals surface area contributed by atoms with Gasteiger partial charge in [0.2, 0.25) is 5.91 Å². The molecule has 1 aromatic heterocycles. The second-order valence-electron chi connectivity index (χ2n) is 4.86. The highest BCUT2D eigenvalue weighted by atomic mass is 32.1. The summed E-state index contributed by atoms with van der Waals surface area (Å²) in [5.74, 6) is -0.0201. The van der Waals surface area contributed by atoms with Gasteiger partial charge in [-0.3, -0.25) is 4.79 Å². The van der Waals surface area contributed by atoms with Gasteiger partial charge in [-0.2, -0.15) is 0 Å². The Bertz CT molecular complexity index is 621. The van der Waals surface area contributed by atoms with Crippen LogP contribution in [0.25, 0.3) is 0 Å². The number of anilines is 1. The minimum Gasteiger partial charge on any atom is -0.383 e. The van der Waals surface area contributed by atoms with Crippen molar-refractivity contribution in [1.29, 1.82) is 0 Å². The second kappa shape index (κ2) is 4.47. The number of thiophene rings is 1. The average molecular weight is 273 g/mol. The highest BCUT2D eigenvalue weighted by Crippen LogP contribution is 2.38. The largest absolute Gasteiger partial charge is 0.383 e. The van der Waals surface area contributed by atoms with Gasteiger partial charge >= 0.3 is 0 Å². The van der Waals surface area contributed by atoms with E-state index in [0.29, 0.717) is 0 Å². The molecule has 0 radical (unpaired) electrons. The molecule has 4 heteroatoms. The predicted molar refractivity (Wildman–Crippen MR) is 76.6 cm³/mol. The molecule has 0 bridgehead atoms. The first kappa shape index (κ1) is 12.4. The lowest BCUT2D eigenvalue weighted by Gasteiger charge is -2.13. The van der Waals surface area contributed by atoms with Crippen molar-refractivity contribution in [3.63, 3.8) is 0 Å². The Morgan fingerprint density at radius 1 is 1.37 bits per heavy atom. The molecule has 1 amide bonds. The third-order valence-electron chi connectivity index (χ3n) is 3.71. The molecule has 2 aromatic rings. The monoisotopic (exact) mass is 273 g/mol. The minimum absolute atomic E-state index is 0.109. The molecule has 1 aromatic carbocycles. The van der Waals surface area contributed by atoms with E-state index in [1.54, 1.807) is 11.9 Å². The fourth-order valence-corrected chi connectivity index (χ4v) is 3.29. The van der Waals surface area contributed by atoms with Crippen LogP contribution < -0.4 is 4.90 Å². The Morgan fingerprint density at radius 2 is 2.16 bits per heavy atom. The normalized spacial score (nSPS) is 19.6. The van der Waals surface area contributed by atoms with Crippen LogP contribution >= 0.6 is 11.3 Å². The van der Waals surface area contributed by atoms with Gasteiger partial charge in [-0.15, -0.1) is 11.3 Å². The Balaban J connectivity index is 2.01. The Kier molecular flexibility index (Phi) is 2.92. The lowest BCUT2D eigenvalue weighted by Crippen LogP contribution is -2.22. The zero-order chi connectivity index (χ0) is 13.6. The summed E-state index contributed by atoms with van der Waals surface area (Å²) in [4.78, 5) is 14.5. The first-order chi connectivity index (χ1) is 9.09. The Labute approximate surface area is 116 Å². The maximum absolute atomic E-state index is 11.9. The van der Waals surface area contributed by atoms with E-state index in [1.165, 1.54) is 11.3 Å². The molecule has 1 aliphatic heterocycles. The van der Waals surface area contributed by atoms with E-state index in [-0.39, 0.29) is 11.8 Å². The van der Waals surface area contributed by atoms with Gasteiger partial charge in [-0.05, 0) is 41.6 Å². The summed E-state index contributed by atoms with van der Waals surface area (Å²) in [6.07, 6.45) is -0.612. The van der Waals surface area contributed by atoms with E-state index < -0.39 is 6.10 Å². The summed E-state index contributed by atoms with van der Waals surface area (Å²) in [6, 6.07) is 9.61. The Hall–Kier alpha value is -1.65. The number of rotatable bonds is 2. The van der Waals surface area contributed by atoms with Crippen LogP contribution in [0.3, 0.4) is 0 Å². The van der Waals surface area contributed by atoms with Crippen LogP contribution in [0, 0.1) is 0 Å². The van der Waals surface area contributed by atoms with Crippen LogP contribution in [0.15, 0.2) is 35.7 Å². The van der Waals surface area contributed by atoms with E-state index in [1.807, 2.05) is 42.6 Å². The van der Waals surface area contributed by atoms with Crippen LogP contribution in [-0.2, 0) is 4.79 Å². The molecular weight excluding hydrogens is 258 g/mol. The number of hydrogen-bond acceptors (Lipinski definition) is 3. The van der Waals surface area contributed by atoms with Crippen LogP contribution in [-0.4, -0.2) is 18.1 Å². The third kappa shape index (κ3) is 1.88. The fourth-order valence-electron chi connectivity index (χ4n) is 2.55. The molecule has 2 atom stereocenters. The molecule has 0 fully saturated rings. The van der Waals surface area contributed by atoms with Gasteiger partial charge in [0.05, 0.1) is 5.92 Å². The van der Waals surface area contributed by atoms with Crippen molar-refractivity contribution < 1.29 is 9.90 Å². The molecule has 98 valence electrons. The molecule has 3 nitrogen and oxygen atoms in total. The fraction of sp³-hybridized carbons (Fsp3) is 0.267. The van der Waals surface area contributed by atoms with E-state index in [4.69, 9.17) is 0 Å². The third-order valence-corrected chi connectivity index (χ3v) is 4.63. The summed E-state index contributed by atoms with van der Waals surface area (Å²) in [5.41, 5.74) is 2.79. The molecular formula is C15H15NO2S. The van der Waals surface area contributed by atoms with Gasteiger partial charge in [0.15, 0.2) is 0 Å². The molecule has 0 aliphatic carbocycles. The van der Waals surface area contributed by atoms with Gasteiger partial charge in [-0.25, -0.2) is 0 Å². The second-order valence-corrected chi connectivity index (χ2v) is 5.83. The summed E-state index contributed by atoms with van der Waals surface area (Å²) in [7, 11) is 1.79. The molecule has 2 heterocycles. The van der Waals surface area contributed by atoms with Crippen molar-refractivity contribution in [3.8, 4) is 0 Å². The summed E-state index contributed by atoms with van der Waals surface area (Å²) in [6.45, 7) is 1.91. The number of aliphatic hydroxyl groups excluding tert-OH is 1. The van der Waals surface area contributed by atoms with Gasteiger partial charge in [0.25, 0.3) is 0 Å². The van der Waals surface area contributed by atoms with Gasteiger partial charge in [0.1, 0.15) is 6.10 Å². The van der Waals surface area contributed by atoms with Crippen molar-refractivity contribution in [2.24, 2.45) is 0 Å². The summed E-state index contributed by atoms with van der Waals surface area (Å²) >= 11 is 1.53. The first-order valence-corrected chi connectivity index (χ1v) is 7.10. The lowest BCUT2D eigenvalue weighted by atomic mass is 9.98. The number of amides is 1. The number of carbonyl (C=O) groups is 1. The number of benzene rings is 1. The zero-order valence-electron chi connectivity index (χ0n) is 10.8. The van der Waals surface area contributed by atoms with Crippen molar-refractivity contribution >= 4 is 22.9 Å². The van der Waals surface area contributed by atoms with Crippen molar-refractivity contribution in [2.75, 3.05) is 11.9 Å². The van der Waals surface area contributed by atoms with Gasteiger partial charge in [-0.1, -0.05) is 12.1 Å². The van der Waals surface area contributed by atoms with Gasteiger partial charge < -0.3 is 10.0 Å². The molecule has 2 unspecified atom stereocenters. The number of nitrogens with zero attached hydrogens (tertiary/aromatic N) is 1.